The number of nitrogens with zero attached hydrogens (tertiary/aromatic N) is 2. The number of hydrogen-bond donors (Lipinski definition) is 1. The van der Waals surface area contributed by atoms with Crippen LogP contribution in [0.2, 0.25) is 0 Å². The summed E-state index contributed by atoms with van der Waals surface area (Å²) in [6.07, 6.45) is 1.53. The highest BCUT2D eigenvalue weighted by molar-refractivity contribution is 7.89. The molecule has 0 fully saturated rings. The zero-order valence-corrected chi connectivity index (χ0v) is 15.0. The molecule has 8 heteroatoms. The number of sulfonamides is 1. The van der Waals surface area contributed by atoms with Crippen molar-refractivity contribution in [3.63, 3.8) is 0 Å². The molecular weight excluding hydrogens is 342 g/mol. The summed E-state index contributed by atoms with van der Waals surface area (Å²) in [6.45, 7) is 4.23. The third-order valence-corrected chi connectivity index (χ3v) is 5.76. The molecule has 25 heavy (non-hydrogen) atoms. The number of carbonyl (C=O) groups excluding carboxylic acids is 1. The summed E-state index contributed by atoms with van der Waals surface area (Å²) in [5, 5.41) is 2.65. The fourth-order valence-electron chi connectivity index (χ4n) is 2.37. The summed E-state index contributed by atoms with van der Waals surface area (Å²) in [5.74, 6) is -0.368. The predicted molar refractivity (Wildman–Crippen MR) is 95.9 cm³/mol. The van der Waals surface area contributed by atoms with Crippen LogP contribution < -0.4 is 10.9 Å². The van der Waals surface area contributed by atoms with Gasteiger partial charge in [-0.05, 0) is 30.3 Å². The predicted octanol–water partition coefficient (Wildman–Crippen LogP) is 1.52. The van der Waals surface area contributed by atoms with Gasteiger partial charge in [0.25, 0.3) is 5.56 Å². The van der Waals surface area contributed by atoms with Gasteiger partial charge in [-0.2, -0.15) is 4.31 Å². The van der Waals surface area contributed by atoms with Crippen LogP contribution in [0.1, 0.15) is 13.8 Å². The maximum atomic E-state index is 12.4. The molecule has 0 atom stereocenters. The zero-order valence-electron chi connectivity index (χ0n) is 14.2. The van der Waals surface area contributed by atoms with E-state index in [4.69, 9.17) is 0 Å². The number of rotatable bonds is 7. The molecule has 0 aliphatic rings. The lowest BCUT2D eigenvalue weighted by atomic mass is 10.3. The molecule has 2 aromatic rings. The number of pyridine rings is 1. The van der Waals surface area contributed by atoms with Crippen LogP contribution in [-0.4, -0.2) is 36.3 Å². The van der Waals surface area contributed by atoms with Crippen LogP contribution in [-0.2, 0) is 21.4 Å². The average Bonchev–Trinajstić information content (AvgIpc) is 2.58. The van der Waals surface area contributed by atoms with Gasteiger partial charge in [0.05, 0.1) is 4.90 Å². The minimum Gasteiger partial charge on any atom is -0.325 e. The standard InChI is InChI=1S/C17H21N3O4S/c1-3-20(4-2)25(23,24)15-10-8-14(9-11-15)18-16(21)13-19-12-6-5-7-17(19)22/h5-12H,3-4,13H2,1-2H3,(H,18,21). The monoisotopic (exact) mass is 363 g/mol. The van der Waals surface area contributed by atoms with Gasteiger partial charge in [-0.25, -0.2) is 8.42 Å². The Labute approximate surface area is 147 Å². The Morgan fingerprint density at radius 1 is 1.08 bits per heavy atom. The van der Waals surface area contributed by atoms with Crippen molar-refractivity contribution in [3.8, 4) is 0 Å². The molecule has 1 aromatic carbocycles. The normalized spacial score (nSPS) is 11.5. The number of amides is 1. The summed E-state index contributed by atoms with van der Waals surface area (Å²) in [6, 6.07) is 10.6. The van der Waals surface area contributed by atoms with Crippen LogP contribution in [0.15, 0.2) is 58.4 Å². The summed E-state index contributed by atoms with van der Waals surface area (Å²) >= 11 is 0. The molecule has 1 N–H and O–H groups in total. The Morgan fingerprint density at radius 2 is 1.72 bits per heavy atom. The second-order valence-corrected chi connectivity index (χ2v) is 7.27. The van der Waals surface area contributed by atoms with Crippen LogP contribution >= 0.6 is 0 Å². The van der Waals surface area contributed by atoms with E-state index < -0.39 is 10.0 Å². The molecule has 0 radical (unpaired) electrons. The molecule has 2 rings (SSSR count). The van der Waals surface area contributed by atoms with Crippen molar-refractivity contribution in [1.82, 2.24) is 8.87 Å². The first-order chi connectivity index (χ1) is 11.9. The van der Waals surface area contributed by atoms with Gasteiger partial charge in [-0.15, -0.1) is 0 Å². The molecule has 1 amide bonds. The fraction of sp³-hybridized carbons (Fsp3) is 0.294. The smallest absolute Gasteiger partial charge is 0.250 e. The summed E-state index contributed by atoms with van der Waals surface area (Å²) < 4.78 is 27.5. The first kappa shape index (κ1) is 18.9. The molecule has 0 saturated carbocycles. The molecule has 1 aromatic heterocycles. The van der Waals surface area contributed by atoms with E-state index in [1.807, 2.05) is 0 Å². The SMILES string of the molecule is CCN(CC)S(=O)(=O)c1ccc(NC(=O)Cn2ccccc2=O)cc1. The van der Waals surface area contributed by atoms with Crippen LogP contribution in [0.25, 0.3) is 0 Å². The topological polar surface area (TPSA) is 88.5 Å². The van der Waals surface area contributed by atoms with Crippen molar-refractivity contribution in [2.24, 2.45) is 0 Å². The van der Waals surface area contributed by atoms with Crippen molar-refractivity contribution in [2.75, 3.05) is 18.4 Å². The van der Waals surface area contributed by atoms with Crippen molar-refractivity contribution in [1.29, 1.82) is 0 Å². The lowest BCUT2D eigenvalue weighted by molar-refractivity contribution is -0.116. The van der Waals surface area contributed by atoms with E-state index >= 15 is 0 Å². The zero-order chi connectivity index (χ0) is 18.4. The van der Waals surface area contributed by atoms with E-state index in [1.54, 1.807) is 26.0 Å². The molecular formula is C17H21N3O4S. The van der Waals surface area contributed by atoms with E-state index in [2.05, 4.69) is 5.32 Å². The molecule has 0 aliphatic carbocycles. The van der Waals surface area contributed by atoms with Crippen molar-refractivity contribution in [3.05, 3.63) is 59.0 Å². The van der Waals surface area contributed by atoms with Gasteiger partial charge < -0.3 is 9.88 Å². The molecule has 0 aliphatic heterocycles. The number of nitrogens with one attached hydrogen (secondary N) is 1. The highest BCUT2D eigenvalue weighted by Gasteiger charge is 2.21. The van der Waals surface area contributed by atoms with E-state index in [0.717, 1.165) is 0 Å². The van der Waals surface area contributed by atoms with Crippen LogP contribution in [0.4, 0.5) is 5.69 Å². The number of hydrogen-bond acceptors (Lipinski definition) is 4. The third kappa shape index (κ3) is 4.55. The first-order valence-electron chi connectivity index (χ1n) is 7.94. The van der Waals surface area contributed by atoms with Gasteiger partial charge in [0.2, 0.25) is 15.9 Å². The summed E-state index contributed by atoms with van der Waals surface area (Å²) in [7, 11) is -3.53. The molecule has 0 unspecified atom stereocenters. The number of benzene rings is 1. The maximum absolute atomic E-state index is 12.4. The second-order valence-electron chi connectivity index (χ2n) is 5.33. The van der Waals surface area contributed by atoms with E-state index in [0.29, 0.717) is 18.8 Å². The van der Waals surface area contributed by atoms with Gasteiger partial charge in [0.15, 0.2) is 0 Å². The minimum absolute atomic E-state index is 0.112. The van der Waals surface area contributed by atoms with Crippen LogP contribution in [0.3, 0.4) is 0 Å². The third-order valence-electron chi connectivity index (χ3n) is 3.69. The largest absolute Gasteiger partial charge is 0.325 e. The Hall–Kier alpha value is -2.45. The Kier molecular flexibility index (Phi) is 6.11. The number of aromatic nitrogens is 1. The van der Waals surface area contributed by atoms with E-state index in [1.165, 1.54) is 45.4 Å². The van der Waals surface area contributed by atoms with E-state index in [9.17, 15) is 18.0 Å². The van der Waals surface area contributed by atoms with Gasteiger partial charge in [0, 0.05) is 31.0 Å². The maximum Gasteiger partial charge on any atom is 0.250 e. The second kappa shape index (κ2) is 8.09. The quantitative estimate of drug-likeness (QED) is 0.808. The lowest BCUT2D eigenvalue weighted by Crippen LogP contribution is -2.30. The summed E-state index contributed by atoms with van der Waals surface area (Å²) in [4.78, 5) is 23.8. The Bertz CT molecular complexity index is 885. The number of anilines is 1. The fourth-order valence-corrected chi connectivity index (χ4v) is 3.83. The number of carbonyl (C=O) groups is 1. The van der Waals surface area contributed by atoms with Crippen LogP contribution in [0.5, 0.6) is 0 Å². The Morgan fingerprint density at radius 3 is 2.28 bits per heavy atom. The van der Waals surface area contributed by atoms with Crippen LogP contribution in [0, 0.1) is 0 Å². The molecule has 1 heterocycles. The first-order valence-corrected chi connectivity index (χ1v) is 9.38. The van der Waals surface area contributed by atoms with Crippen molar-refractivity contribution in [2.45, 2.75) is 25.3 Å². The average molecular weight is 363 g/mol. The Balaban J connectivity index is 2.09. The minimum atomic E-state index is -3.53. The van der Waals surface area contributed by atoms with Gasteiger partial charge in [-0.3, -0.25) is 9.59 Å². The van der Waals surface area contributed by atoms with E-state index in [-0.39, 0.29) is 22.9 Å². The highest BCUT2D eigenvalue weighted by Crippen LogP contribution is 2.18. The molecule has 7 nitrogen and oxygen atoms in total. The molecule has 0 spiro atoms. The lowest BCUT2D eigenvalue weighted by Gasteiger charge is -2.18. The summed E-state index contributed by atoms with van der Waals surface area (Å²) in [5.41, 5.74) is 0.200. The van der Waals surface area contributed by atoms with Crippen molar-refractivity contribution >= 4 is 21.6 Å². The van der Waals surface area contributed by atoms with Gasteiger partial charge in [0.1, 0.15) is 6.54 Å². The molecule has 134 valence electrons. The van der Waals surface area contributed by atoms with Gasteiger partial charge >= 0.3 is 0 Å². The van der Waals surface area contributed by atoms with Crippen molar-refractivity contribution < 1.29 is 13.2 Å². The van der Waals surface area contributed by atoms with Gasteiger partial charge in [-0.1, -0.05) is 19.9 Å². The molecule has 0 bridgehead atoms. The molecule has 0 saturated heterocycles. The highest BCUT2D eigenvalue weighted by atomic mass is 32.2.